The van der Waals surface area contributed by atoms with Gasteiger partial charge in [-0.25, -0.2) is 9.59 Å². The summed E-state index contributed by atoms with van der Waals surface area (Å²) in [7, 11) is 1.70. The van der Waals surface area contributed by atoms with E-state index in [1.807, 2.05) is 26.0 Å². The lowest BCUT2D eigenvalue weighted by molar-refractivity contribution is -0.159. The average molecular weight is 391 g/mol. The summed E-state index contributed by atoms with van der Waals surface area (Å²) in [6, 6.07) is 8.29. The van der Waals surface area contributed by atoms with Crippen molar-refractivity contribution in [2.75, 3.05) is 38.2 Å². The summed E-state index contributed by atoms with van der Waals surface area (Å²) in [6.45, 7) is 9.11. The molecule has 0 radical (unpaired) electrons. The number of aryl methyl sites for hydroxylation is 2. The molecule has 0 bridgehead atoms. The van der Waals surface area contributed by atoms with Gasteiger partial charge in [-0.2, -0.15) is 0 Å². The van der Waals surface area contributed by atoms with Gasteiger partial charge in [-0.05, 0) is 38.1 Å². The summed E-state index contributed by atoms with van der Waals surface area (Å²) >= 11 is 0. The molecule has 1 aliphatic heterocycles. The fraction of sp³-hybridized carbons (Fsp3) is 0.421. The summed E-state index contributed by atoms with van der Waals surface area (Å²) in [5, 5.41) is 18.8. The minimum absolute atomic E-state index is 0.904. The van der Waals surface area contributed by atoms with E-state index in [0.717, 1.165) is 49.9 Å². The van der Waals surface area contributed by atoms with E-state index >= 15 is 0 Å². The van der Waals surface area contributed by atoms with E-state index in [2.05, 4.69) is 27.1 Å². The number of carbonyl (C=O) groups is 2. The highest BCUT2D eigenvalue weighted by Crippen LogP contribution is 2.22. The number of piperazine rings is 1. The second-order valence-electron chi connectivity index (χ2n) is 6.37. The van der Waals surface area contributed by atoms with Crippen molar-refractivity contribution in [2.24, 2.45) is 0 Å². The molecule has 1 aromatic carbocycles. The van der Waals surface area contributed by atoms with E-state index in [1.165, 1.54) is 11.3 Å². The van der Waals surface area contributed by atoms with Gasteiger partial charge in [-0.15, -0.1) is 0 Å². The third-order valence-corrected chi connectivity index (χ3v) is 4.56. The van der Waals surface area contributed by atoms with Crippen LogP contribution < -0.4 is 9.64 Å². The molecule has 9 nitrogen and oxygen atoms in total. The first-order chi connectivity index (χ1) is 13.3. The van der Waals surface area contributed by atoms with Crippen LogP contribution >= 0.6 is 0 Å². The molecular formula is C19H25N3O6. The monoisotopic (exact) mass is 391 g/mol. The van der Waals surface area contributed by atoms with Crippen molar-refractivity contribution in [3.8, 4) is 5.75 Å². The molecule has 0 atom stereocenters. The largest absolute Gasteiger partial charge is 0.497 e. The van der Waals surface area contributed by atoms with Gasteiger partial charge in [0.2, 0.25) is 0 Å². The van der Waals surface area contributed by atoms with Crippen LogP contribution in [0.5, 0.6) is 5.75 Å². The Morgan fingerprint density at radius 3 is 2.07 bits per heavy atom. The van der Waals surface area contributed by atoms with Crippen LogP contribution in [0.25, 0.3) is 0 Å². The molecule has 0 aliphatic carbocycles. The lowest BCUT2D eigenvalue weighted by atomic mass is 10.1. The molecule has 28 heavy (non-hydrogen) atoms. The Bertz CT molecular complexity index is 763. The number of rotatable bonds is 4. The van der Waals surface area contributed by atoms with Crippen LogP contribution in [0.1, 0.15) is 17.0 Å². The third-order valence-electron chi connectivity index (χ3n) is 4.56. The van der Waals surface area contributed by atoms with Gasteiger partial charge < -0.3 is 24.4 Å². The van der Waals surface area contributed by atoms with E-state index in [9.17, 15) is 0 Å². The van der Waals surface area contributed by atoms with Crippen molar-refractivity contribution >= 4 is 17.6 Å². The standard InChI is InChI=1S/C17H23N3O2.C2H2O4/c1-13-17(14(2)22-18-13)12-19-8-10-20(11-9-19)15-4-6-16(21-3)7-5-15;3-1(4)2(5)6/h4-7H,8-12H2,1-3H3;(H,3,4)(H,5,6). The quantitative estimate of drug-likeness (QED) is 0.752. The normalized spacial score (nSPS) is 14.2. The predicted octanol–water partition coefficient (Wildman–Crippen LogP) is 1.78. The molecule has 0 amide bonds. The Hall–Kier alpha value is -3.07. The van der Waals surface area contributed by atoms with Gasteiger partial charge in [0.1, 0.15) is 11.5 Å². The van der Waals surface area contributed by atoms with Gasteiger partial charge >= 0.3 is 11.9 Å². The number of nitrogens with zero attached hydrogens (tertiary/aromatic N) is 3. The number of benzene rings is 1. The highest BCUT2D eigenvalue weighted by molar-refractivity contribution is 6.27. The fourth-order valence-electron chi connectivity index (χ4n) is 2.91. The maximum atomic E-state index is 9.10. The number of hydrogen-bond acceptors (Lipinski definition) is 7. The second kappa shape index (κ2) is 9.75. The summed E-state index contributed by atoms with van der Waals surface area (Å²) in [4.78, 5) is 23.1. The van der Waals surface area contributed by atoms with Gasteiger partial charge in [-0.3, -0.25) is 4.90 Å². The van der Waals surface area contributed by atoms with Crippen molar-refractivity contribution in [1.29, 1.82) is 0 Å². The maximum absolute atomic E-state index is 9.10. The van der Waals surface area contributed by atoms with Crippen LogP contribution in [0.3, 0.4) is 0 Å². The summed E-state index contributed by atoms with van der Waals surface area (Å²) < 4.78 is 10.5. The zero-order chi connectivity index (χ0) is 20.7. The smallest absolute Gasteiger partial charge is 0.414 e. The number of hydrogen-bond donors (Lipinski definition) is 2. The molecule has 0 spiro atoms. The maximum Gasteiger partial charge on any atom is 0.414 e. The molecule has 9 heteroatoms. The number of anilines is 1. The molecule has 2 N–H and O–H groups in total. The minimum Gasteiger partial charge on any atom is -0.497 e. The van der Waals surface area contributed by atoms with Crippen LogP contribution in [-0.4, -0.2) is 65.5 Å². The highest BCUT2D eigenvalue weighted by atomic mass is 16.5. The van der Waals surface area contributed by atoms with Crippen LogP contribution in [-0.2, 0) is 16.1 Å². The zero-order valence-corrected chi connectivity index (χ0v) is 16.2. The minimum atomic E-state index is -1.82. The van der Waals surface area contributed by atoms with E-state index < -0.39 is 11.9 Å². The van der Waals surface area contributed by atoms with Crippen LogP contribution in [0.2, 0.25) is 0 Å². The molecule has 2 heterocycles. The Morgan fingerprint density at radius 1 is 1.07 bits per heavy atom. The molecule has 0 saturated carbocycles. The lowest BCUT2D eigenvalue weighted by Crippen LogP contribution is -2.46. The van der Waals surface area contributed by atoms with E-state index in [0.29, 0.717) is 0 Å². The van der Waals surface area contributed by atoms with Crippen LogP contribution in [0.4, 0.5) is 5.69 Å². The van der Waals surface area contributed by atoms with E-state index in [1.54, 1.807) is 7.11 Å². The number of aromatic nitrogens is 1. The number of carboxylic acid groups (broad SMARTS) is 2. The highest BCUT2D eigenvalue weighted by Gasteiger charge is 2.20. The van der Waals surface area contributed by atoms with Gasteiger partial charge in [0.05, 0.1) is 12.8 Å². The first kappa shape index (κ1) is 21.2. The Morgan fingerprint density at radius 2 is 1.64 bits per heavy atom. The number of ether oxygens (including phenoxy) is 1. The lowest BCUT2D eigenvalue weighted by Gasteiger charge is -2.36. The van der Waals surface area contributed by atoms with Gasteiger partial charge in [0.15, 0.2) is 0 Å². The molecule has 1 saturated heterocycles. The SMILES string of the molecule is COc1ccc(N2CCN(Cc3c(C)noc3C)CC2)cc1.O=C(O)C(=O)O. The average Bonchev–Trinajstić information content (AvgIpc) is 3.01. The van der Waals surface area contributed by atoms with Crippen molar-refractivity contribution in [2.45, 2.75) is 20.4 Å². The summed E-state index contributed by atoms with van der Waals surface area (Å²) in [5.74, 6) is -1.80. The van der Waals surface area contributed by atoms with E-state index in [4.69, 9.17) is 29.1 Å². The molecule has 1 aliphatic rings. The third kappa shape index (κ3) is 5.71. The molecule has 152 valence electrons. The van der Waals surface area contributed by atoms with Crippen LogP contribution in [0.15, 0.2) is 28.8 Å². The predicted molar refractivity (Wildman–Crippen MR) is 102 cm³/mol. The van der Waals surface area contributed by atoms with Crippen molar-refractivity contribution < 1.29 is 29.1 Å². The molecular weight excluding hydrogens is 366 g/mol. The van der Waals surface area contributed by atoms with Gasteiger partial charge in [0.25, 0.3) is 0 Å². The van der Waals surface area contributed by atoms with Crippen molar-refractivity contribution in [1.82, 2.24) is 10.1 Å². The molecule has 2 aromatic rings. The summed E-state index contributed by atoms with van der Waals surface area (Å²) in [5.41, 5.74) is 3.51. The Kier molecular flexibility index (Phi) is 7.39. The zero-order valence-electron chi connectivity index (χ0n) is 16.2. The van der Waals surface area contributed by atoms with Crippen LogP contribution in [0, 0.1) is 13.8 Å². The first-order valence-electron chi connectivity index (χ1n) is 8.81. The summed E-state index contributed by atoms with van der Waals surface area (Å²) in [6.07, 6.45) is 0. The molecule has 3 rings (SSSR count). The topological polar surface area (TPSA) is 116 Å². The first-order valence-corrected chi connectivity index (χ1v) is 8.81. The molecule has 1 fully saturated rings. The van der Waals surface area contributed by atoms with Gasteiger partial charge in [0, 0.05) is 44.0 Å². The number of methoxy groups -OCH3 is 1. The van der Waals surface area contributed by atoms with Gasteiger partial charge in [-0.1, -0.05) is 5.16 Å². The second-order valence-corrected chi connectivity index (χ2v) is 6.37. The number of aliphatic carboxylic acids is 2. The molecule has 1 aromatic heterocycles. The molecule has 0 unspecified atom stereocenters. The van der Waals surface area contributed by atoms with Crippen molar-refractivity contribution in [3.63, 3.8) is 0 Å². The van der Waals surface area contributed by atoms with E-state index in [-0.39, 0.29) is 0 Å². The Balaban J connectivity index is 0.000000409. The number of carboxylic acids is 2. The van der Waals surface area contributed by atoms with Crippen molar-refractivity contribution in [3.05, 3.63) is 41.3 Å². The fourth-order valence-corrected chi connectivity index (χ4v) is 2.91. The Labute approximate surface area is 163 Å².